The second kappa shape index (κ2) is 15.8. The molecule has 0 spiro atoms. The number of rotatable bonds is 17. The second-order valence-corrected chi connectivity index (χ2v) is 10.4. The van der Waals surface area contributed by atoms with Gasteiger partial charge in [-0.05, 0) is 37.8 Å². The number of carbonyl (C=O) groups excluding carboxylic acids is 2. The first kappa shape index (κ1) is 31.0. The molecular weight excluding hydrogens is 448 g/mol. The topological polar surface area (TPSA) is 100.0 Å². The highest BCUT2D eigenvalue weighted by molar-refractivity contribution is 5.90. The molecule has 9 heteroatoms. The lowest BCUT2D eigenvalue weighted by molar-refractivity contribution is -0.910. The lowest BCUT2D eigenvalue weighted by atomic mass is 10.1. The number of aliphatic hydroxyl groups excluding tert-OH is 2. The Morgan fingerprint density at radius 1 is 0.857 bits per heavy atom. The van der Waals surface area contributed by atoms with Crippen molar-refractivity contribution >= 4 is 12.0 Å². The molecule has 0 saturated heterocycles. The van der Waals surface area contributed by atoms with Crippen molar-refractivity contribution in [1.29, 1.82) is 0 Å². The summed E-state index contributed by atoms with van der Waals surface area (Å²) < 4.78 is 6.22. The fourth-order valence-corrected chi connectivity index (χ4v) is 4.09. The van der Waals surface area contributed by atoms with Crippen molar-refractivity contribution < 1.29 is 33.5 Å². The van der Waals surface area contributed by atoms with Crippen LogP contribution in [0.1, 0.15) is 61.9 Å². The maximum Gasteiger partial charge on any atom is 0.414 e. The van der Waals surface area contributed by atoms with Gasteiger partial charge in [0.15, 0.2) is 5.75 Å². The summed E-state index contributed by atoms with van der Waals surface area (Å²) in [7, 11) is 9.02. The first-order valence-electron chi connectivity index (χ1n) is 12.8. The molecule has 0 aliphatic carbocycles. The Labute approximate surface area is 211 Å². The third-order valence-corrected chi connectivity index (χ3v) is 6.53. The monoisotopic (exact) mass is 496 g/mol. The molecule has 200 valence electrons. The van der Waals surface area contributed by atoms with E-state index in [2.05, 4.69) is 12.0 Å². The Bertz CT molecular complexity index is 764. The molecule has 0 unspecified atom stereocenters. The Morgan fingerprint density at radius 2 is 1.37 bits per heavy atom. The van der Waals surface area contributed by atoms with Crippen molar-refractivity contribution in [3.63, 3.8) is 0 Å². The number of pyridine rings is 1. The van der Waals surface area contributed by atoms with Gasteiger partial charge in [-0.1, -0.05) is 25.7 Å². The van der Waals surface area contributed by atoms with E-state index >= 15 is 0 Å². The van der Waals surface area contributed by atoms with Gasteiger partial charge < -0.3 is 24.3 Å². The smallest absolute Gasteiger partial charge is 0.407 e. The number of unbranched alkanes of at least 4 members (excludes halogenated alkanes) is 7. The van der Waals surface area contributed by atoms with Crippen LogP contribution in [0.3, 0.4) is 0 Å². The van der Waals surface area contributed by atoms with Crippen molar-refractivity contribution in [3.05, 3.63) is 24.0 Å². The summed E-state index contributed by atoms with van der Waals surface area (Å²) >= 11 is 0. The van der Waals surface area contributed by atoms with Gasteiger partial charge >= 0.3 is 12.0 Å². The summed E-state index contributed by atoms with van der Waals surface area (Å²) in [6, 6.07) is 3.25. The van der Waals surface area contributed by atoms with Crippen molar-refractivity contribution in [2.24, 2.45) is 0 Å². The van der Waals surface area contributed by atoms with Gasteiger partial charge in [0.05, 0.1) is 47.4 Å². The number of ether oxygens (including phenoxy) is 1. The van der Waals surface area contributed by atoms with Crippen LogP contribution in [0.2, 0.25) is 0 Å². The number of hydrogen-bond acceptors (Lipinski definition) is 6. The molecule has 0 radical (unpaired) electrons. The summed E-state index contributed by atoms with van der Waals surface area (Å²) in [5.74, 6) is 0.0224. The summed E-state index contributed by atoms with van der Waals surface area (Å²) in [6.45, 7) is 3.40. The molecule has 1 rings (SSSR count). The molecule has 0 aliphatic heterocycles. The number of quaternary nitrogens is 2. The first-order chi connectivity index (χ1) is 16.6. The quantitative estimate of drug-likeness (QED) is 0.254. The van der Waals surface area contributed by atoms with Crippen LogP contribution in [0.25, 0.3) is 0 Å². The van der Waals surface area contributed by atoms with Crippen LogP contribution in [0.5, 0.6) is 5.75 Å². The van der Waals surface area contributed by atoms with E-state index in [9.17, 15) is 19.8 Å². The van der Waals surface area contributed by atoms with Gasteiger partial charge in [0.2, 0.25) is 5.69 Å². The zero-order chi connectivity index (χ0) is 26.3. The van der Waals surface area contributed by atoms with E-state index in [1.165, 1.54) is 30.6 Å². The molecule has 0 fully saturated rings. The van der Waals surface area contributed by atoms with Gasteiger partial charge in [-0.25, -0.2) is 14.6 Å². The largest absolute Gasteiger partial charge is 0.414 e. The fourth-order valence-electron chi connectivity index (χ4n) is 4.09. The minimum Gasteiger partial charge on any atom is -0.407 e. The molecule has 0 aromatic carbocycles. The highest BCUT2D eigenvalue weighted by Gasteiger charge is 2.32. The van der Waals surface area contributed by atoms with Crippen LogP contribution in [-0.2, 0) is 0 Å². The Hall–Kier alpha value is -2.07. The van der Waals surface area contributed by atoms with E-state index in [-0.39, 0.29) is 35.0 Å². The molecular formula is C26H48N4O5+2. The van der Waals surface area contributed by atoms with E-state index in [0.717, 1.165) is 36.7 Å². The maximum atomic E-state index is 13.1. The number of aliphatic hydroxyl groups is 2. The van der Waals surface area contributed by atoms with Crippen LogP contribution in [0, 0.1) is 0 Å². The van der Waals surface area contributed by atoms with Crippen molar-refractivity contribution in [2.45, 2.75) is 51.4 Å². The summed E-state index contributed by atoms with van der Waals surface area (Å²) in [6.07, 6.45) is 10.0. The number of likely N-dealkylation sites (N-methyl/N-ethyl adjacent to an activating group) is 1. The molecule has 2 amide bonds. The van der Waals surface area contributed by atoms with Gasteiger partial charge in [0.1, 0.15) is 13.1 Å². The molecule has 0 saturated carbocycles. The zero-order valence-corrected chi connectivity index (χ0v) is 22.5. The van der Waals surface area contributed by atoms with Crippen LogP contribution < -0.4 is 4.74 Å². The second-order valence-electron chi connectivity index (χ2n) is 10.4. The van der Waals surface area contributed by atoms with Crippen LogP contribution >= 0.6 is 0 Å². The van der Waals surface area contributed by atoms with Gasteiger partial charge in [0.25, 0.3) is 0 Å². The van der Waals surface area contributed by atoms with Gasteiger partial charge in [-0.3, -0.25) is 4.48 Å². The average molecular weight is 497 g/mol. The lowest BCUT2D eigenvalue weighted by Gasteiger charge is -2.33. The predicted molar refractivity (Wildman–Crippen MR) is 137 cm³/mol. The number of aromatic nitrogens is 1. The SMILES string of the molecule is CN(C)C(=O)Oc1cccnc1C(=O)[N+](C)(C)CCCCCCCCCC[N+](C)(CCO)CCO. The van der Waals surface area contributed by atoms with Crippen LogP contribution in [-0.4, -0.2) is 116 Å². The van der Waals surface area contributed by atoms with E-state index in [1.54, 1.807) is 32.4 Å². The number of hydrogen-bond donors (Lipinski definition) is 2. The average Bonchev–Trinajstić information content (AvgIpc) is 2.80. The van der Waals surface area contributed by atoms with Crippen LogP contribution in [0.15, 0.2) is 18.3 Å². The highest BCUT2D eigenvalue weighted by atomic mass is 16.6. The Morgan fingerprint density at radius 3 is 1.89 bits per heavy atom. The van der Waals surface area contributed by atoms with Crippen molar-refractivity contribution in [3.8, 4) is 5.75 Å². The molecule has 2 N–H and O–H groups in total. The minimum absolute atomic E-state index is 0.155. The van der Waals surface area contributed by atoms with E-state index in [0.29, 0.717) is 19.6 Å². The highest BCUT2D eigenvalue weighted by Crippen LogP contribution is 2.21. The summed E-state index contributed by atoms with van der Waals surface area (Å²) in [5.41, 5.74) is 0.181. The normalized spacial score (nSPS) is 12.0. The van der Waals surface area contributed by atoms with Crippen LogP contribution in [0.4, 0.5) is 4.79 Å². The third kappa shape index (κ3) is 11.5. The summed E-state index contributed by atoms with van der Waals surface area (Å²) in [4.78, 5) is 30.6. The maximum absolute atomic E-state index is 13.1. The Balaban J connectivity index is 2.32. The van der Waals surface area contributed by atoms with Gasteiger partial charge in [0, 0.05) is 20.3 Å². The predicted octanol–water partition coefficient (Wildman–Crippen LogP) is 2.91. The Kier molecular flexibility index (Phi) is 14.0. The molecule has 1 aromatic heterocycles. The molecule has 9 nitrogen and oxygen atoms in total. The minimum atomic E-state index is -0.541. The van der Waals surface area contributed by atoms with E-state index in [1.807, 2.05) is 14.1 Å². The summed E-state index contributed by atoms with van der Waals surface area (Å²) in [5, 5.41) is 18.5. The van der Waals surface area contributed by atoms with Gasteiger partial charge in [-0.15, -0.1) is 0 Å². The first-order valence-corrected chi connectivity index (χ1v) is 12.8. The lowest BCUT2D eigenvalue weighted by Crippen LogP contribution is -2.48. The third-order valence-electron chi connectivity index (χ3n) is 6.53. The molecule has 0 bridgehead atoms. The molecule has 1 heterocycles. The molecule has 1 aromatic rings. The standard InChI is InChI=1S/C26H48N4O5/c1-28(2)26(34)35-23-15-14-16-27-24(23)25(33)29(3,4)17-12-10-8-6-7-9-11-13-18-30(5,19-21-31)20-22-32/h14-16,31-32H,6-13,17-22H2,1-5H3/q+2. The van der Waals surface area contributed by atoms with E-state index in [4.69, 9.17) is 4.74 Å². The van der Waals surface area contributed by atoms with Gasteiger partial charge in [-0.2, -0.15) is 0 Å². The van der Waals surface area contributed by atoms with E-state index < -0.39 is 6.09 Å². The number of amides is 2. The number of nitrogens with zero attached hydrogens (tertiary/aromatic N) is 4. The fraction of sp³-hybridized carbons (Fsp3) is 0.731. The van der Waals surface area contributed by atoms with Crippen molar-refractivity contribution in [1.82, 2.24) is 9.88 Å². The molecule has 0 aliphatic rings. The van der Waals surface area contributed by atoms with Crippen molar-refractivity contribution in [2.75, 3.05) is 74.6 Å². The number of carbonyl (C=O) groups is 2. The molecule has 0 atom stereocenters. The zero-order valence-electron chi connectivity index (χ0n) is 22.5. The molecule has 35 heavy (non-hydrogen) atoms.